The van der Waals surface area contributed by atoms with Crippen molar-refractivity contribution in [2.75, 3.05) is 48.3 Å². The van der Waals surface area contributed by atoms with Gasteiger partial charge in [-0.3, -0.25) is 0 Å². The number of aliphatic hydroxyl groups is 2. The van der Waals surface area contributed by atoms with Crippen LogP contribution < -0.4 is 0 Å². The number of ether oxygens (including phenoxy) is 8. The fraction of sp³-hybridized carbons (Fsp3) is 0.789. The molecule has 2 aromatic rings. The van der Waals surface area contributed by atoms with E-state index in [2.05, 4.69) is 17.2 Å². The van der Waals surface area contributed by atoms with Crippen molar-refractivity contribution in [1.82, 2.24) is 15.0 Å². The Kier molecular flexibility index (Phi) is 10.5. The van der Waals surface area contributed by atoms with Crippen LogP contribution in [0.5, 0.6) is 0 Å². The zero-order valence-electron chi connectivity index (χ0n) is 31.0. The van der Waals surface area contributed by atoms with Gasteiger partial charge in [0.2, 0.25) is 0 Å². The summed E-state index contributed by atoms with van der Waals surface area (Å²) in [7, 11) is 4.88. The Labute approximate surface area is 301 Å². The molecule has 1 saturated heterocycles. The predicted molar refractivity (Wildman–Crippen MR) is 183 cm³/mol. The third-order valence-electron chi connectivity index (χ3n) is 13.4. The zero-order chi connectivity index (χ0) is 36.1. The third kappa shape index (κ3) is 6.19. The van der Waals surface area contributed by atoms with E-state index in [1.54, 1.807) is 26.0 Å². The Hall–Kier alpha value is -2.04. The number of hydrogen-bond acceptors (Lipinski definition) is 12. The maximum absolute atomic E-state index is 13.0. The number of rotatable bonds is 13. The Balaban J connectivity index is 1.28. The zero-order valence-corrected chi connectivity index (χ0v) is 31.0. The standard InChI is InChI=1S/C38H57N3O10/c1-34(2)49-21-37-31(51-34)16-26(47-22-44-4)17-36(37,43)14-12-27-32(37)30(48-23-45-5)18-35(3)28(13-15-38(27,35)50-24-46-6)33(42)29-20-41(40-39-29)19-25-10-8-7-9-11-25/h7-11,20,26-28,30-33,42-43H,12-19,21-24H2,1-6H3/t26-,27?,28+,30-,31+,32?,33?,35+,36-,37+,38-/m0/s1. The lowest BCUT2D eigenvalue weighted by Crippen LogP contribution is -2.78. The van der Waals surface area contributed by atoms with E-state index < -0.39 is 33.9 Å². The lowest BCUT2D eigenvalue weighted by molar-refractivity contribution is -0.409. The topological polar surface area (TPSA) is 145 Å². The molecule has 11 atom stereocenters. The molecular formula is C38H57N3O10. The van der Waals surface area contributed by atoms with Crippen molar-refractivity contribution in [2.45, 2.75) is 114 Å². The fourth-order valence-electron chi connectivity index (χ4n) is 11.3. The van der Waals surface area contributed by atoms with Crippen LogP contribution in [0.25, 0.3) is 0 Å². The van der Waals surface area contributed by atoms with Crippen LogP contribution >= 0.6 is 0 Å². The SMILES string of the molecule is COCO[C@H]1C[C@H]2OC(C)(C)OC[C@]23C2C(CC[C@]3(O)C1)[C@@]1(OCOC)CC[C@H](C(O)c3cn(Cc4ccccc4)nn3)[C@@]1(C)C[C@@H]2OCOC. The molecule has 284 valence electrons. The average molecular weight is 716 g/mol. The minimum absolute atomic E-state index is 0.0770. The average Bonchev–Trinajstić information content (AvgIpc) is 3.69. The summed E-state index contributed by atoms with van der Waals surface area (Å²) in [6.45, 7) is 7.29. The minimum Gasteiger partial charge on any atom is -0.389 e. The van der Waals surface area contributed by atoms with Crippen molar-refractivity contribution < 1.29 is 48.1 Å². The van der Waals surface area contributed by atoms with Gasteiger partial charge in [0.05, 0.1) is 54.3 Å². The van der Waals surface area contributed by atoms with Crippen LogP contribution in [0.1, 0.15) is 83.1 Å². The molecule has 0 bridgehead atoms. The highest BCUT2D eigenvalue weighted by atomic mass is 16.7. The fourth-order valence-corrected chi connectivity index (χ4v) is 11.3. The van der Waals surface area contributed by atoms with Gasteiger partial charge in [0.25, 0.3) is 0 Å². The molecule has 2 N–H and O–H groups in total. The number of hydrogen-bond donors (Lipinski definition) is 2. The number of aromatic nitrogens is 3. The van der Waals surface area contributed by atoms with E-state index in [4.69, 9.17) is 37.9 Å². The van der Waals surface area contributed by atoms with Crippen molar-refractivity contribution in [1.29, 1.82) is 0 Å². The van der Waals surface area contributed by atoms with Gasteiger partial charge in [0, 0.05) is 45.5 Å². The molecule has 3 unspecified atom stereocenters. The van der Waals surface area contributed by atoms with E-state index in [9.17, 15) is 10.2 Å². The minimum atomic E-state index is -1.16. The second-order valence-electron chi connectivity index (χ2n) is 16.3. The molecule has 1 aliphatic heterocycles. The summed E-state index contributed by atoms with van der Waals surface area (Å²) < 4.78 is 51.4. The molecule has 13 nitrogen and oxygen atoms in total. The van der Waals surface area contributed by atoms with Crippen LogP contribution in [0.4, 0.5) is 0 Å². The molecule has 2 heterocycles. The van der Waals surface area contributed by atoms with Crippen molar-refractivity contribution >= 4 is 0 Å². The van der Waals surface area contributed by atoms with Crippen molar-refractivity contribution in [3.63, 3.8) is 0 Å². The van der Waals surface area contributed by atoms with E-state index in [0.717, 1.165) is 5.56 Å². The largest absolute Gasteiger partial charge is 0.389 e. The number of methoxy groups -OCH3 is 3. The van der Waals surface area contributed by atoms with E-state index in [0.29, 0.717) is 63.8 Å². The molecule has 1 aromatic heterocycles. The summed E-state index contributed by atoms with van der Waals surface area (Å²) in [6, 6.07) is 10.1. The maximum atomic E-state index is 13.0. The molecule has 0 amide bonds. The lowest BCUT2D eigenvalue weighted by atomic mass is 9.40. The van der Waals surface area contributed by atoms with Gasteiger partial charge in [0.15, 0.2) is 5.79 Å². The van der Waals surface area contributed by atoms with Gasteiger partial charge in [0.1, 0.15) is 32.2 Å². The van der Waals surface area contributed by atoms with Crippen molar-refractivity contribution in [3.05, 3.63) is 47.8 Å². The van der Waals surface area contributed by atoms with E-state index in [-0.39, 0.29) is 56.4 Å². The molecule has 4 saturated carbocycles. The summed E-state index contributed by atoms with van der Waals surface area (Å²) in [5.41, 5.74) is -1.61. The molecule has 7 rings (SSSR count). The summed E-state index contributed by atoms with van der Waals surface area (Å²) in [5.74, 6) is -1.35. The van der Waals surface area contributed by atoms with Gasteiger partial charge in [-0.2, -0.15) is 0 Å². The van der Waals surface area contributed by atoms with Crippen molar-refractivity contribution in [2.24, 2.45) is 28.6 Å². The number of fused-ring (bicyclic) bond motifs is 3. The van der Waals surface area contributed by atoms with E-state index in [1.807, 2.05) is 50.4 Å². The van der Waals surface area contributed by atoms with Crippen LogP contribution in [-0.2, 0) is 44.4 Å². The molecular weight excluding hydrogens is 658 g/mol. The molecule has 4 aliphatic carbocycles. The summed E-state index contributed by atoms with van der Waals surface area (Å²) >= 11 is 0. The number of nitrogens with zero attached hydrogens (tertiary/aromatic N) is 3. The van der Waals surface area contributed by atoms with Gasteiger partial charge in [-0.25, -0.2) is 4.68 Å². The van der Waals surface area contributed by atoms with Gasteiger partial charge >= 0.3 is 0 Å². The summed E-state index contributed by atoms with van der Waals surface area (Å²) in [5, 5.41) is 34.0. The highest BCUT2D eigenvalue weighted by Gasteiger charge is 2.78. The molecule has 5 aliphatic rings. The van der Waals surface area contributed by atoms with E-state index in [1.165, 1.54) is 0 Å². The van der Waals surface area contributed by atoms with Crippen LogP contribution in [0.15, 0.2) is 36.5 Å². The molecule has 1 spiro atoms. The first-order valence-corrected chi connectivity index (χ1v) is 18.5. The smallest absolute Gasteiger partial charge is 0.163 e. The Bertz CT molecular complexity index is 1480. The molecule has 13 heteroatoms. The van der Waals surface area contributed by atoms with Crippen LogP contribution in [-0.4, -0.2) is 109 Å². The normalized spacial score (nSPS) is 40.5. The molecule has 51 heavy (non-hydrogen) atoms. The quantitative estimate of drug-likeness (QED) is 0.287. The molecule has 0 radical (unpaired) electrons. The lowest BCUT2D eigenvalue weighted by Gasteiger charge is -2.71. The van der Waals surface area contributed by atoms with Gasteiger partial charge in [-0.15, -0.1) is 5.10 Å². The van der Waals surface area contributed by atoms with Gasteiger partial charge in [-0.05, 0) is 63.4 Å². The number of benzene rings is 1. The Morgan fingerprint density at radius 3 is 2.45 bits per heavy atom. The van der Waals surface area contributed by atoms with Crippen molar-refractivity contribution in [3.8, 4) is 0 Å². The first-order valence-electron chi connectivity index (χ1n) is 18.5. The van der Waals surface area contributed by atoms with Crippen LogP contribution in [0.2, 0.25) is 0 Å². The third-order valence-corrected chi connectivity index (χ3v) is 13.4. The first-order chi connectivity index (χ1) is 24.5. The van der Waals surface area contributed by atoms with Gasteiger partial charge < -0.3 is 48.1 Å². The summed E-state index contributed by atoms with van der Waals surface area (Å²) in [6.07, 6.45) is 4.17. The first kappa shape index (κ1) is 37.3. The Morgan fingerprint density at radius 2 is 1.71 bits per heavy atom. The monoisotopic (exact) mass is 715 g/mol. The highest BCUT2D eigenvalue weighted by Crippen LogP contribution is 2.73. The molecule has 1 aromatic carbocycles. The van der Waals surface area contributed by atoms with E-state index >= 15 is 0 Å². The second-order valence-corrected chi connectivity index (χ2v) is 16.3. The highest BCUT2D eigenvalue weighted by molar-refractivity contribution is 5.27. The Morgan fingerprint density at radius 1 is 0.961 bits per heavy atom. The van der Waals surface area contributed by atoms with Crippen LogP contribution in [0, 0.1) is 28.6 Å². The van der Waals surface area contributed by atoms with Gasteiger partial charge in [-0.1, -0.05) is 42.5 Å². The second kappa shape index (κ2) is 14.3. The summed E-state index contributed by atoms with van der Waals surface area (Å²) in [4.78, 5) is 0. The van der Waals surface area contributed by atoms with Crippen LogP contribution in [0.3, 0.4) is 0 Å². The maximum Gasteiger partial charge on any atom is 0.163 e. The number of aliphatic hydroxyl groups excluding tert-OH is 1. The predicted octanol–water partition coefficient (Wildman–Crippen LogP) is 4.21. The molecule has 5 fully saturated rings.